The van der Waals surface area contributed by atoms with Gasteiger partial charge in [0.15, 0.2) is 5.65 Å². The number of likely N-dealkylation sites (tertiary alicyclic amines) is 1. The average molecular weight is 416 g/mol. The standard InChI is InChI=1S/C21H33N7O2/c1-5-26(6-2)12-10-22-20(29)17-7-8-18-24-25-19(28(18)14-17)16-9-11-27(13-16)21(30)23-15(3)4/h7-8,14-16H,5-6,9-13H2,1-4H3,(H,22,29)(H,23,30)/t16-/m1/s1. The third-order valence-electron chi connectivity index (χ3n) is 5.55. The third kappa shape index (κ3) is 5.08. The van der Waals surface area contributed by atoms with E-state index in [1.54, 1.807) is 12.3 Å². The molecule has 0 unspecified atom stereocenters. The number of fused-ring (bicyclic) bond motifs is 1. The van der Waals surface area contributed by atoms with Crippen LogP contribution in [0.15, 0.2) is 18.3 Å². The van der Waals surface area contributed by atoms with Crippen LogP contribution < -0.4 is 10.6 Å². The molecule has 3 heterocycles. The van der Waals surface area contributed by atoms with Crippen molar-refractivity contribution in [1.82, 2.24) is 35.0 Å². The summed E-state index contributed by atoms with van der Waals surface area (Å²) in [4.78, 5) is 29.0. The topological polar surface area (TPSA) is 94.9 Å². The van der Waals surface area contributed by atoms with Gasteiger partial charge in [-0.1, -0.05) is 13.8 Å². The number of pyridine rings is 1. The molecule has 164 valence electrons. The Morgan fingerprint density at radius 3 is 2.70 bits per heavy atom. The monoisotopic (exact) mass is 415 g/mol. The van der Waals surface area contributed by atoms with Gasteiger partial charge in [-0.25, -0.2) is 4.79 Å². The van der Waals surface area contributed by atoms with E-state index in [9.17, 15) is 9.59 Å². The zero-order valence-electron chi connectivity index (χ0n) is 18.4. The number of nitrogens with one attached hydrogen (secondary N) is 2. The molecule has 0 bridgehead atoms. The first-order valence-corrected chi connectivity index (χ1v) is 10.8. The fraction of sp³-hybridized carbons (Fsp3) is 0.619. The molecule has 1 atom stereocenters. The van der Waals surface area contributed by atoms with E-state index in [1.807, 2.05) is 29.2 Å². The van der Waals surface area contributed by atoms with E-state index in [0.717, 1.165) is 31.9 Å². The largest absolute Gasteiger partial charge is 0.351 e. The van der Waals surface area contributed by atoms with Crippen LogP contribution in [-0.2, 0) is 0 Å². The lowest BCUT2D eigenvalue weighted by atomic mass is 10.1. The Bertz CT molecular complexity index is 875. The third-order valence-corrected chi connectivity index (χ3v) is 5.55. The van der Waals surface area contributed by atoms with Gasteiger partial charge in [-0.15, -0.1) is 10.2 Å². The minimum atomic E-state index is -0.104. The molecular weight excluding hydrogens is 382 g/mol. The fourth-order valence-corrected chi connectivity index (χ4v) is 3.78. The summed E-state index contributed by atoms with van der Waals surface area (Å²) >= 11 is 0. The van der Waals surface area contributed by atoms with Crippen molar-refractivity contribution in [1.29, 1.82) is 0 Å². The molecule has 3 amide bonds. The number of carbonyl (C=O) groups excluding carboxylic acids is 2. The first kappa shape index (κ1) is 22.0. The van der Waals surface area contributed by atoms with E-state index in [4.69, 9.17) is 0 Å². The highest BCUT2D eigenvalue weighted by atomic mass is 16.2. The van der Waals surface area contributed by atoms with Crippen molar-refractivity contribution >= 4 is 17.6 Å². The minimum absolute atomic E-state index is 0.0467. The summed E-state index contributed by atoms with van der Waals surface area (Å²) in [5, 5.41) is 14.5. The van der Waals surface area contributed by atoms with Gasteiger partial charge in [-0.2, -0.15) is 0 Å². The maximum absolute atomic E-state index is 12.6. The van der Waals surface area contributed by atoms with Gasteiger partial charge in [0.1, 0.15) is 5.82 Å². The lowest BCUT2D eigenvalue weighted by Crippen LogP contribution is -2.41. The minimum Gasteiger partial charge on any atom is -0.351 e. The highest BCUT2D eigenvalue weighted by Gasteiger charge is 2.30. The highest BCUT2D eigenvalue weighted by molar-refractivity contribution is 5.94. The zero-order valence-corrected chi connectivity index (χ0v) is 18.4. The molecule has 30 heavy (non-hydrogen) atoms. The molecule has 1 saturated heterocycles. The number of likely N-dealkylation sites (N-methyl/N-ethyl adjacent to an activating group) is 1. The molecule has 2 aromatic heterocycles. The summed E-state index contributed by atoms with van der Waals surface area (Å²) in [6.45, 7) is 12.8. The smallest absolute Gasteiger partial charge is 0.317 e. The van der Waals surface area contributed by atoms with Crippen LogP contribution >= 0.6 is 0 Å². The van der Waals surface area contributed by atoms with E-state index in [0.29, 0.717) is 30.8 Å². The van der Waals surface area contributed by atoms with Crippen LogP contribution in [0, 0.1) is 0 Å². The van der Waals surface area contributed by atoms with Gasteiger partial charge in [0.2, 0.25) is 0 Å². The van der Waals surface area contributed by atoms with E-state index < -0.39 is 0 Å². The average Bonchev–Trinajstić information content (AvgIpc) is 3.37. The van der Waals surface area contributed by atoms with Crippen LogP contribution in [0.25, 0.3) is 5.65 Å². The zero-order chi connectivity index (χ0) is 21.7. The molecule has 0 aliphatic carbocycles. The van der Waals surface area contributed by atoms with Crippen molar-refractivity contribution < 1.29 is 9.59 Å². The maximum atomic E-state index is 12.6. The highest BCUT2D eigenvalue weighted by Crippen LogP contribution is 2.26. The SMILES string of the molecule is CCN(CC)CCNC(=O)c1ccc2nnc([C@@H]3CCN(C(=O)NC(C)C)C3)n2c1. The van der Waals surface area contributed by atoms with Crippen molar-refractivity contribution in [2.24, 2.45) is 0 Å². The van der Waals surface area contributed by atoms with Gasteiger partial charge < -0.3 is 20.4 Å². The lowest BCUT2D eigenvalue weighted by Gasteiger charge is -2.19. The molecule has 0 saturated carbocycles. The summed E-state index contributed by atoms with van der Waals surface area (Å²) < 4.78 is 1.88. The van der Waals surface area contributed by atoms with Crippen LogP contribution in [0.5, 0.6) is 0 Å². The maximum Gasteiger partial charge on any atom is 0.317 e. The van der Waals surface area contributed by atoms with Crippen LogP contribution in [0.4, 0.5) is 4.79 Å². The van der Waals surface area contributed by atoms with Gasteiger partial charge in [0.25, 0.3) is 5.91 Å². The predicted molar refractivity (Wildman–Crippen MR) is 116 cm³/mol. The Kier molecular flexibility index (Phi) is 7.25. The number of hydrogen-bond donors (Lipinski definition) is 2. The molecule has 0 aromatic carbocycles. The van der Waals surface area contributed by atoms with Crippen molar-refractivity contribution in [3.8, 4) is 0 Å². The number of urea groups is 1. The second-order valence-electron chi connectivity index (χ2n) is 8.02. The Hall–Kier alpha value is -2.68. The van der Waals surface area contributed by atoms with Crippen molar-refractivity contribution in [3.05, 3.63) is 29.7 Å². The molecule has 1 aliphatic rings. The Morgan fingerprint density at radius 2 is 2.00 bits per heavy atom. The molecule has 0 radical (unpaired) electrons. The number of carbonyl (C=O) groups is 2. The summed E-state index contributed by atoms with van der Waals surface area (Å²) in [5.74, 6) is 0.787. The van der Waals surface area contributed by atoms with E-state index in [2.05, 4.69) is 39.6 Å². The first-order chi connectivity index (χ1) is 14.4. The summed E-state index contributed by atoms with van der Waals surface area (Å²) in [6, 6.07) is 3.65. The van der Waals surface area contributed by atoms with Crippen molar-refractivity contribution in [2.45, 2.75) is 46.1 Å². The molecule has 9 nitrogen and oxygen atoms in total. The van der Waals surface area contributed by atoms with Gasteiger partial charge >= 0.3 is 6.03 Å². The van der Waals surface area contributed by atoms with Crippen LogP contribution in [0.1, 0.15) is 56.2 Å². The Balaban J connectivity index is 1.68. The Morgan fingerprint density at radius 1 is 1.23 bits per heavy atom. The van der Waals surface area contributed by atoms with Crippen molar-refractivity contribution in [3.63, 3.8) is 0 Å². The second-order valence-corrected chi connectivity index (χ2v) is 8.02. The molecule has 1 aliphatic heterocycles. The van der Waals surface area contributed by atoms with Gasteiger partial charge in [-0.05, 0) is 45.5 Å². The van der Waals surface area contributed by atoms with Gasteiger partial charge in [0, 0.05) is 44.3 Å². The quantitative estimate of drug-likeness (QED) is 0.684. The van der Waals surface area contributed by atoms with Gasteiger partial charge in [-0.3, -0.25) is 9.20 Å². The number of hydrogen-bond acceptors (Lipinski definition) is 5. The number of rotatable bonds is 8. The van der Waals surface area contributed by atoms with Crippen molar-refractivity contribution in [2.75, 3.05) is 39.3 Å². The summed E-state index contributed by atoms with van der Waals surface area (Å²) in [7, 11) is 0. The molecule has 2 aromatic rings. The Labute approximate surface area is 177 Å². The molecule has 1 fully saturated rings. The van der Waals surface area contributed by atoms with Gasteiger partial charge in [0.05, 0.1) is 5.56 Å². The second kappa shape index (κ2) is 9.88. The van der Waals surface area contributed by atoms with Crippen LogP contribution in [0.2, 0.25) is 0 Å². The molecule has 0 spiro atoms. The number of amides is 3. The summed E-state index contributed by atoms with van der Waals surface area (Å²) in [5.41, 5.74) is 1.28. The lowest BCUT2D eigenvalue weighted by molar-refractivity contribution is 0.0948. The van der Waals surface area contributed by atoms with E-state index in [1.165, 1.54) is 0 Å². The van der Waals surface area contributed by atoms with E-state index in [-0.39, 0.29) is 23.9 Å². The normalized spacial score (nSPS) is 16.6. The van der Waals surface area contributed by atoms with E-state index >= 15 is 0 Å². The molecular formula is C21H33N7O2. The van der Waals surface area contributed by atoms with Crippen LogP contribution in [-0.4, -0.2) is 81.6 Å². The number of aromatic nitrogens is 3. The predicted octanol–water partition coefficient (Wildman–Crippen LogP) is 1.71. The molecule has 2 N–H and O–H groups in total. The molecule has 9 heteroatoms. The fourth-order valence-electron chi connectivity index (χ4n) is 3.78. The summed E-state index contributed by atoms with van der Waals surface area (Å²) in [6.07, 6.45) is 2.63. The number of nitrogens with zero attached hydrogens (tertiary/aromatic N) is 5. The van der Waals surface area contributed by atoms with Crippen LogP contribution in [0.3, 0.4) is 0 Å². The molecule has 3 rings (SSSR count). The first-order valence-electron chi connectivity index (χ1n) is 10.8.